The predicted octanol–water partition coefficient (Wildman–Crippen LogP) is 2.41. The molecule has 4 heteroatoms. The predicted molar refractivity (Wildman–Crippen MR) is 72.1 cm³/mol. The van der Waals surface area contributed by atoms with Crippen molar-refractivity contribution in [2.75, 3.05) is 23.4 Å². The van der Waals surface area contributed by atoms with E-state index in [0.29, 0.717) is 12.6 Å². The third-order valence-electron chi connectivity index (χ3n) is 2.92. The summed E-state index contributed by atoms with van der Waals surface area (Å²) < 4.78 is 16.6. The molecule has 1 saturated heterocycles. The lowest BCUT2D eigenvalue weighted by Gasteiger charge is -2.23. The van der Waals surface area contributed by atoms with Gasteiger partial charge in [-0.15, -0.1) is 0 Å². The summed E-state index contributed by atoms with van der Waals surface area (Å²) in [5, 5.41) is 3.48. The summed E-state index contributed by atoms with van der Waals surface area (Å²) in [5.41, 5.74) is 1.12. The minimum atomic E-state index is -0.585. The van der Waals surface area contributed by atoms with Gasteiger partial charge in [0, 0.05) is 34.0 Å². The Morgan fingerprint density at radius 1 is 1.29 bits per heavy atom. The van der Waals surface area contributed by atoms with Crippen LogP contribution in [0.25, 0.3) is 0 Å². The Kier molecular flexibility index (Phi) is 4.42. The molecule has 0 bridgehead atoms. The third kappa shape index (κ3) is 3.73. The fraction of sp³-hybridized carbons (Fsp3) is 0.538. The van der Waals surface area contributed by atoms with Crippen LogP contribution < -0.4 is 10.1 Å². The zero-order valence-corrected chi connectivity index (χ0v) is 11.0. The van der Waals surface area contributed by atoms with E-state index in [9.17, 15) is 4.21 Å². The number of anilines is 1. The van der Waals surface area contributed by atoms with Gasteiger partial charge in [0.15, 0.2) is 0 Å². The summed E-state index contributed by atoms with van der Waals surface area (Å²) in [6.45, 7) is 2.68. The number of rotatable bonds is 4. The Morgan fingerprint density at radius 2 is 1.94 bits per heavy atom. The average molecular weight is 253 g/mol. The van der Waals surface area contributed by atoms with Gasteiger partial charge in [-0.2, -0.15) is 0 Å². The summed E-state index contributed by atoms with van der Waals surface area (Å²) in [5.74, 6) is 2.56. The Labute approximate surface area is 105 Å². The van der Waals surface area contributed by atoms with Gasteiger partial charge in [0.1, 0.15) is 5.75 Å². The number of benzene rings is 1. The van der Waals surface area contributed by atoms with E-state index in [-0.39, 0.29) is 0 Å². The van der Waals surface area contributed by atoms with Gasteiger partial charge in [0.05, 0.1) is 6.61 Å². The summed E-state index contributed by atoms with van der Waals surface area (Å²) in [6, 6.07) is 8.50. The average Bonchev–Trinajstić information content (AvgIpc) is 2.35. The molecule has 2 rings (SSSR count). The number of nitrogens with one attached hydrogen (secondary N) is 1. The lowest BCUT2D eigenvalue weighted by Crippen LogP contribution is -2.29. The van der Waals surface area contributed by atoms with Crippen LogP contribution in [0.15, 0.2) is 24.3 Å². The second-order valence-corrected chi connectivity index (χ2v) is 5.92. The molecular formula is C13H19NO2S. The maximum absolute atomic E-state index is 11.2. The third-order valence-corrected chi connectivity index (χ3v) is 4.31. The van der Waals surface area contributed by atoms with Crippen molar-refractivity contribution in [2.24, 2.45) is 0 Å². The van der Waals surface area contributed by atoms with E-state index in [1.165, 1.54) is 0 Å². The number of ether oxygens (including phenoxy) is 1. The van der Waals surface area contributed by atoms with Crippen LogP contribution in [0.4, 0.5) is 5.69 Å². The SMILES string of the molecule is CCOc1ccc(NC2CCS(=O)CC2)cc1. The lowest BCUT2D eigenvalue weighted by molar-refractivity contribution is 0.340. The van der Waals surface area contributed by atoms with Gasteiger partial charge >= 0.3 is 0 Å². The normalized spacial score (nSPS) is 24.3. The van der Waals surface area contributed by atoms with Crippen LogP contribution in [0.3, 0.4) is 0 Å². The van der Waals surface area contributed by atoms with E-state index in [4.69, 9.17) is 4.74 Å². The second-order valence-electron chi connectivity index (χ2n) is 4.22. The molecule has 0 aliphatic carbocycles. The quantitative estimate of drug-likeness (QED) is 0.895. The first-order valence-corrected chi connectivity index (χ1v) is 7.61. The molecule has 1 aromatic carbocycles. The van der Waals surface area contributed by atoms with Gasteiger partial charge < -0.3 is 10.1 Å². The molecule has 1 aliphatic heterocycles. The Bertz CT molecular complexity index is 368. The Balaban J connectivity index is 1.88. The molecule has 3 nitrogen and oxygen atoms in total. The summed E-state index contributed by atoms with van der Waals surface area (Å²) >= 11 is 0. The van der Waals surface area contributed by atoms with Crippen LogP contribution in [0.2, 0.25) is 0 Å². The van der Waals surface area contributed by atoms with Crippen LogP contribution in [0, 0.1) is 0 Å². The zero-order valence-electron chi connectivity index (χ0n) is 10.1. The van der Waals surface area contributed by atoms with E-state index in [0.717, 1.165) is 35.8 Å². The molecule has 0 radical (unpaired) electrons. The van der Waals surface area contributed by atoms with E-state index in [2.05, 4.69) is 5.32 Å². The minimum Gasteiger partial charge on any atom is -0.494 e. The van der Waals surface area contributed by atoms with Crippen molar-refractivity contribution in [2.45, 2.75) is 25.8 Å². The first-order chi connectivity index (χ1) is 8.28. The molecule has 1 aromatic rings. The molecule has 1 heterocycles. The van der Waals surface area contributed by atoms with Crippen LogP contribution in [-0.4, -0.2) is 28.4 Å². The molecule has 0 aromatic heterocycles. The van der Waals surface area contributed by atoms with Crippen molar-refractivity contribution in [1.29, 1.82) is 0 Å². The van der Waals surface area contributed by atoms with Gasteiger partial charge in [-0.1, -0.05) is 0 Å². The Morgan fingerprint density at radius 3 is 2.53 bits per heavy atom. The standard InChI is InChI=1S/C13H19NO2S/c1-2-16-13-5-3-11(4-6-13)14-12-7-9-17(15)10-8-12/h3-6,12,14H,2,7-10H2,1H3. The molecule has 0 unspecified atom stereocenters. The minimum absolute atomic E-state index is 0.464. The van der Waals surface area contributed by atoms with Gasteiger partial charge in [-0.25, -0.2) is 0 Å². The molecule has 94 valence electrons. The molecule has 1 fully saturated rings. The zero-order chi connectivity index (χ0) is 12.1. The molecule has 0 saturated carbocycles. The van der Waals surface area contributed by atoms with E-state index in [1.54, 1.807) is 0 Å². The summed E-state index contributed by atoms with van der Waals surface area (Å²) in [4.78, 5) is 0. The molecule has 0 spiro atoms. The van der Waals surface area contributed by atoms with Crippen molar-refractivity contribution < 1.29 is 8.95 Å². The van der Waals surface area contributed by atoms with Crippen molar-refractivity contribution in [1.82, 2.24) is 0 Å². The lowest BCUT2D eigenvalue weighted by atomic mass is 10.1. The fourth-order valence-electron chi connectivity index (χ4n) is 1.99. The number of hydrogen-bond donors (Lipinski definition) is 1. The van der Waals surface area contributed by atoms with Gasteiger partial charge in [-0.05, 0) is 44.0 Å². The highest BCUT2D eigenvalue weighted by molar-refractivity contribution is 7.85. The van der Waals surface area contributed by atoms with Gasteiger partial charge in [-0.3, -0.25) is 4.21 Å². The molecule has 0 amide bonds. The topological polar surface area (TPSA) is 38.3 Å². The highest BCUT2D eigenvalue weighted by atomic mass is 32.2. The van der Waals surface area contributed by atoms with Gasteiger partial charge in [0.2, 0.25) is 0 Å². The van der Waals surface area contributed by atoms with Crippen molar-refractivity contribution in [3.8, 4) is 5.75 Å². The monoisotopic (exact) mass is 253 g/mol. The maximum Gasteiger partial charge on any atom is 0.119 e. The first kappa shape index (κ1) is 12.4. The molecule has 1 N–H and O–H groups in total. The summed E-state index contributed by atoms with van der Waals surface area (Å²) in [7, 11) is -0.585. The van der Waals surface area contributed by atoms with Crippen molar-refractivity contribution >= 4 is 16.5 Å². The first-order valence-electron chi connectivity index (χ1n) is 6.12. The smallest absolute Gasteiger partial charge is 0.119 e. The van der Waals surface area contributed by atoms with Crippen LogP contribution in [0.1, 0.15) is 19.8 Å². The molecule has 0 atom stereocenters. The molecule has 1 aliphatic rings. The molecular weight excluding hydrogens is 234 g/mol. The van der Waals surface area contributed by atoms with Crippen LogP contribution >= 0.6 is 0 Å². The van der Waals surface area contributed by atoms with E-state index >= 15 is 0 Å². The summed E-state index contributed by atoms with van der Waals surface area (Å²) in [6.07, 6.45) is 2.00. The highest BCUT2D eigenvalue weighted by Crippen LogP contribution is 2.19. The highest BCUT2D eigenvalue weighted by Gasteiger charge is 2.17. The molecule has 17 heavy (non-hydrogen) atoms. The van der Waals surface area contributed by atoms with E-state index in [1.807, 2.05) is 31.2 Å². The van der Waals surface area contributed by atoms with E-state index < -0.39 is 10.8 Å². The van der Waals surface area contributed by atoms with Crippen LogP contribution in [-0.2, 0) is 10.8 Å². The van der Waals surface area contributed by atoms with Crippen molar-refractivity contribution in [3.05, 3.63) is 24.3 Å². The fourth-order valence-corrected chi connectivity index (χ4v) is 3.29. The van der Waals surface area contributed by atoms with Crippen molar-refractivity contribution in [3.63, 3.8) is 0 Å². The number of hydrogen-bond acceptors (Lipinski definition) is 3. The van der Waals surface area contributed by atoms with Crippen LogP contribution in [0.5, 0.6) is 5.75 Å². The largest absolute Gasteiger partial charge is 0.494 e. The maximum atomic E-state index is 11.2. The Hall–Kier alpha value is -1.03. The second kappa shape index (κ2) is 6.05. The van der Waals surface area contributed by atoms with Gasteiger partial charge in [0.25, 0.3) is 0 Å².